The number of rotatable bonds is 4. The second-order valence-electron chi connectivity index (χ2n) is 4.51. The van der Waals surface area contributed by atoms with Gasteiger partial charge in [0, 0.05) is 27.5 Å². The topological polar surface area (TPSA) is 55.1 Å². The summed E-state index contributed by atoms with van der Waals surface area (Å²) in [6.45, 7) is 0. The van der Waals surface area contributed by atoms with Gasteiger partial charge in [-0.15, -0.1) is 11.3 Å². The van der Waals surface area contributed by atoms with Gasteiger partial charge in [-0.05, 0) is 23.8 Å². The molecular weight excluding hydrogens is 343 g/mol. The van der Waals surface area contributed by atoms with E-state index in [0.29, 0.717) is 27.2 Å². The van der Waals surface area contributed by atoms with Crippen LogP contribution in [0.15, 0.2) is 47.4 Å². The van der Waals surface area contributed by atoms with Crippen LogP contribution in [0, 0.1) is 0 Å². The fraction of sp³-hybridized carbons (Fsp3) is 0.0667. The maximum Gasteiger partial charge on any atom is 0.260 e. The molecule has 0 atom stereocenters. The average molecular weight is 353 g/mol. The van der Waals surface area contributed by atoms with Gasteiger partial charge in [0.2, 0.25) is 0 Å². The van der Waals surface area contributed by atoms with Gasteiger partial charge in [-0.2, -0.15) is 0 Å². The lowest BCUT2D eigenvalue weighted by atomic mass is 10.1. The van der Waals surface area contributed by atoms with Gasteiger partial charge in [-0.3, -0.25) is 10.1 Å². The Bertz CT molecular complexity index is 800. The minimum Gasteiger partial charge on any atom is -0.472 e. The van der Waals surface area contributed by atoms with Gasteiger partial charge in [-0.25, -0.2) is 4.98 Å². The number of carbonyl (C=O) groups is 1. The smallest absolute Gasteiger partial charge is 0.260 e. The van der Waals surface area contributed by atoms with Crippen molar-refractivity contribution in [2.45, 2.75) is 6.42 Å². The maximum absolute atomic E-state index is 11.9. The van der Waals surface area contributed by atoms with Crippen LogP contribution in [0.1, 0.15) is 20.8 Å². The monoisotopic (exact) mass is 352 g/mol. The molecule has 7 heteroatoms. The molecule has 22 heavy (non-hydrogen) atoms. The zero-order chi connectivity index (χ0) is 15.5. The number of benzene rings is 1. The van der Waals surface area contributed by atoms with Crippen LogP contribution in [0.25, 0.3) is 0 Å². The third-order valence-electron chi connectivity index (χ3n) is 2.94. The Balaban J connectivity index is 1.70. The highest BCUT2D eigenvalue weighted by Crippen LogP contribution is 2.27. The lowest BCUT2D eigenvalue weighted by Gasteiger charge is -2.02. The zero-order valence-electron chi connectivity index (χ0n) is 11.2. The van der Waals surface area contributed by atoms with Crippen LogP contribution in [0.2, 0.25) is 10.0 Å². The van der Waals surface area contributed by atoms with Crippen LogP contribution in [0.3, 0.4) is 0 Å². The molecule has 2 aromatic heterocycles. The number of anilines is 1. The molecule has 1 amide bonds. The molecule has 0 aliphatic rings. The molecule has 112 valence electrons. The van der Waals surface area contributed by atoms with Gasteiger partial charge in [0.05, 0.1) is 11.8 Å². The van der Waals surface area contributed by atoms with Gasteiger partial charge in [-0.1, -0.05) is 29.3 Å². The number of hydrogen-bond acceptors (Lipinski definition) is 4. The fourth-order valence-electron chi connectivity index (χ4n) is 1.86. The molecule has 3 aromatic rings. The Hall–Kier alpha value is -1.82. The number of hydrogen-bond donors (Lipinski definition) is 1. The van der Waals surface area contributed by atoms with E-state index in [1.165, 1.54) is 23.9 Å². The molecule has 0 radical (unpaired) electrons. The van der Waals surface area contributed by atoms with E-state index in [9.17, 15) is 4.79 Å². The second kappa shape index (κ2) is 6.52. The first-order valence-electron chi connectivity index (χ1n) is 6.34. The van der Waals surface area contributed by atoms with E-state index in [4.69, 9.17) is 27.6 Å². The molecule has 3 rings (SSSR count). The Morgan fingerprint density at radius 2 is 2.18 bits per heavy atom. The molecule has 0 saturated heterocycles. The first-order chi connectivity index (χ1) is 10.6. The Morgan fingerprint density at radius 1 is 1.32 bits per heavy atom. The quantitative estimate of drug-likeness (QED) is 0.727. The van der Waals surface area contributed by atoms with E-state index in [-0.39, 0.29) is 5.91 Å². The van der Waals surface area contributed by atoms with Crippen molar-refractivity contribution >= 4 is 45.6 Å². The molecule has 0 saturated carbocycles. The zero-order valence-corrected chi connectivity index (χ0v) is 13.5. The van der Waals surface area contributed by atoms with Gasteiger partial charge in [0.25, 0.3) is 5.91 Å². The van der Waals surface area contributed by atoms with Crippen LogP contribution < -0.4 is 5.32 Å². The van der Waals surface area contributed by atoms with E-state index in [1.54, 1.807) is 24.4 Å². The van der Waals surface area contributed by atoms with E-state index in [0.717, 1.165) is 10.4 Å². The van der Waals surface area contributed by atoms with Crippen molar-refractivity contribution in [1.29, 1.82) is 0 Å². The number of amides is 1. The SMILES string of the molecule is O=C(Nc1ncc(Cc2ccc(Cl)cc2Cl)s1)c1ccoc1. The Morgan fingerprint density at radius 3 is 2.91 bits per heavy atom. The van der Waals surface area contributed by atoms with Gasteiger partial charge in [0.15, 0.2) is 5.13 Å². The third kappa shape index (κ3) is 3.50. The molecule has 0 spiro atoms. The first kappa shape index (κ1) is 15.1. The summed E-state index contributed by atoms with van der Waals surface area (Å²) in [5.41, 5.74) is 1.42. The molecule has 0 fully saturated rings. The molecule has 2 heterocycles. The lowest BCUT2D eigenvalue weighted by Crippen LogP contribution is -2.10. The summed E-state index contributed by atoms with van der Waals surface area (Å²) in [6, 6.07) is 6.98. The summed E-state index contributed by atoms with van der Waals surface area (Å²) in [7, 11) is 0. The lowest BCUT2D eigenvalue weighted by molar-refractivity contribution is 0.102. The van der Waals surface area contributed by atoms with Crippen molar-refractivity contribution in [3.63, 3.8) is 0 Å². The molecule has 1 aromatic carbocycles. The minimum atomic E-state index is -0.251. The van der Waals surface area contributed by atoms with E-state index >= 15 is 0 Å². The maximum atomic E-state index is 11.9. The van der Waals surface area contributed by atoms with Crippen molar-refractivity contribution in [2.24, 2.45) is 0 Å². The predicted octanol–water partition coefficient (Wildman–Crippen LogP) is 4.89. The number of thiazole rings is 1. The Kier molecular flexibility index (Phi) is 4.47. The summed E-state index contributed by atoms with van der Waals surface area (Å²) in [5, 5.41) is 4.48. The van der Waals surface area contributed by atoms with E-state index in [1.807, 2.05) is 6.07 Å². The first-order valence-corrected chi connectivity index (χ1v) is 7.91. The minimum absolute atomic E-state index is 0.251. The van der Waals surface area contributed by atoms with Crippen LogP contribution in [0.5, 0.6) is 0 Å². The molecule has 1 N–H and O–H groups in total. The number of nitrogens with one attached hydrogen (secondary N) is 1. The van der Waals surface area contributed by atoms with E-state index < -0.39 is 0 Å². The number of nitrogens with zero attached hydrogens (tertiary/aromatic N) is 1. The number of furan rings is 1. The van der Waals surface area contributed by atoms with Crippen molar-refractivity contribution in [1.82, 2.24) is 4.98 Å². The van der Waals surface area contributed by atoms with Crippen LogP contribution in [-0.2, 0) is 6.42 Å². The summed E-state index contributed by atoms with van der Waals surface area (Å²) < 4.78 is 4.88. The second-order valence-corrected chi connectivity index (χ2v) is 6.47. The summed E-state index contributed by atoms with van der Waals surface area (Å²) in [5.74, 6) is -0.251. The van der Waals surface area contributed by atoms with Crippen LogP contribution in [-0.4, -0.2) is 10.9 Å². The Labute approximate surface area is 140 Å². The molecule has 0 aliphatic carbocycles. The predicted molar refractivity (Wildman–Crippen MR) is 88.0 cm³/mol. The molecule has 0 unspecified atom stereocenters. The standard InChI is InChI=1S/C15H10Cl2N2O2S/c16-11-2-1-9(13(17)6-11)5-12-7-18-15(22-12)19-14(20)10-3-4-21-8-10/h1-4,6-8H,5H2,(H,18,19,20). The molecule has 4 nitrogen and oxygen atoms in total. The number of halogens is 2. The normalized spacial score (nSPS) is 10.6. The van der Waals surface area contributed by atoms with Crippen molar-refractivity contribution in [3.05, 3.63) is 69.0 Å². The van der Waals surface area contributed by atoms with Gasteiger partial charge in [0.1, 0.15) is 6.26 Å². The third-order valence-corrected chi connectivity index (χ3v) is 4.44. The molecule has 0 bridgehead atoms. The molecule has 0 aliphatic heterocycles. The van der Waals surface area contributed by atoms with Crippen LogP contribution in [0.4, 0.5) is 5.13 Å². The fourth-order valence-corrected chi connectivity index (χ4v) is 3.17. The van der Waals surface area contributed by atoms with Crippen molar-refractivity contribution in [2.75, 3.05) is 5.32 Å². The number of carbonyl (C=O) groups excluding carboxylic acids is 1. The van der Waals surface area contributed by atoms with E-state index in [2.05, 4.69) is 10.3 Å². The van der Waals surface area contributed by atoms with Crippen LogP contribution >= 0.6 is 34.5 Å². The average Bonchev–Trinajstić information content (AvgIpc) is 3.13. The summed E-state index contributed by atoms with van der Waals surface area (Å²) in [4.78, 5) is 17.1. The summed E-state index contributed by atoms with van der Waals surface area (Å²) in [6.07, 6.45) is 5.19. The summed E-state index contributed by atoms with van der Waals surface area (Å²) >= 11 is 13.4. The number of aromatic nitrogens is 1. The highest BCUT2D eigenvalue weighted by atomic mass is 35.5. The van der Waals surface area contributed by atoms with Crippen molar-refractivity contribution in [3.8, 4) is 0 Å². The largest absolute Gasteiger partial charge is 0.472 e. The highest BCUT2D eigenvalue weighted by Gasteiger charge is 2.11. The van der Waals surface area contributed by atoms with Crippen molar-refractivity contribution < 1.29 is 9.21 Å². The molecular formula is C15H10Cl2N2O2S. The highest BCUT2D eigenvalue weighted by molar-refractivity contribution is 7.15. The van der Waals surface area contributed by atoms with Gasteiger partial charge < -0.3 is 4.42 Å². The van der Waals surface area contributed by atoms with Gasteiger partial charge >= 0.3 is 0 Å².